The maximum Gasteiger partial charge on any atom is 0.329 e. The number of rotatable bonds is 8. The molecule has 2 aromatic rings. The van der Waals surface area contributed by atoms with Crippen molar-refractivity contribution < 1.29 is 22.7 Å². The van der Waals surface area contributed by atoms with Crippen LogP contribution in [-0.4, -0.2) is 40.6 Å². The van der Waals surface area contributed by atoms with Crippen LogP contribution in [0, 0.1) is 18.8 Å². The summed E-state index contributed by atoms with van der Waals surface area (Å²) in [5.74, 6) is 0.460. The number of ether oxygens (including phenoxy) is 1. The van der Waals surface area contributed by atoms with Gasteiger partial charge in [0.1, 0.15) is 11.8 Å². The van der Waals surface area contributed by atoms with Crippen molar-refractivity contribution in [1.82, 2.24) is 10.0 Å². The molecule has 1 aliphatic rings. The number of methoxy groups -OCH3 is 1. The highest BCUT2D eigenvalue weighted by Gasteiger charge is 2.36. The number of nitrogens with zero attached hydrogens (tertiary/aromatic N) is 1. The minimum absolute atomic E-state index is 0.0206. The summed E-state index contributed by atoms with van der Waals surface area (Å²) in [4.78, 5) is 27.9. The average molecular weight is 488 g/mol. The molecule has 2 atom stereocenters. The van der Waals surface area contributed by atoms with Crippen molar-refractivity contribution in [1.29, 1.82) is 0 Å². The third kappa shape index (κ3) is 5.88. The van der Waals surface area contributed by atoms with Crippen molar-refractivity contribution in [3.8, 4) is 5.75 Å². The second-order valence-electron chi connectivity index (χ2n) is 8.82. The fourth-order valence-corrected chi connectivity index (χ4v) is 5.68. The number of nitrogens with one attached hydrogen (secondary N) is 2. The molecule has 0 radical (unpaired) electrons. The van der Waals surface area contributed by atoms with Gasteiger partial charge in [0.2, 0.25) is 5.91 Å². The van der Waals surface area contributed by atoms with E-state index in [2.05, 4.69) is 10.0 Å². The van der Waals surface area contributed by atoms with E-state index in [1.165, 1.54) is 11.0 Å². The molecule has 9 heteroatoms. The van der Waals surface area contributed by atoms with Crippen LogP contribution in [-0.2, 0) is 14.8 Å². The number of anilines is 1. The van der Waals surface area contributed by atoms with Crippen molar-refractivity contribution in [2.75, 3.05) is 19.1 Å². The van der Waals surface area contributed by atoms with E-state index in [9.17, 15) is 18.0 Å². The van der Waals surface area contributed by atoms with Gasteiger partial charge in [-0.1, -0.05) is 50.8 Å². The summed E-state index contributed by atoms with van der Waals surface area (Å²) in [7, 11) is -0.880. The molecular weight excluding hydrogens is 454 g/mol. The van der Waals surface area contributed by atoms with E-state index >= 15 is 0 Å². The van der Waals surface area contributed by atoms with Crippen molar-refractivity contribution in [2.45, 2.75) is 50.5 Å². The summed E-state index contributed by atoms with van der Waals surface area (Å²) in [6.45, 7) is 3.60. The van der Waals surface area contributed by atoms with Gasteiger partial charge in [0, 0.05) is 12.7 Å². The van der Waals surface area contributed by atoms with E-state index in [0.29, 0.717) is 17.0 Å². The van der Waals surface area contributed by atoms with Gasteiger partial charge in [-0.05, 0) is 54.7 Å². The number of carbonyl (C=O) groups excluding carboxylic acids is 2. The maximum absolute atomic E-state index is 13.5. The lowest BCUT2D eigenvalue weighted by Crippen LogP contribution is -2.55. The van der Waals surface area contributed by atoms with Gasteiger partial charge < -0.3 is 15.0 Å². The molecule has 2 N–H and O–H groups in total. The molecule has 184 valence electrons. The third-order valence-corrected chi connectivity index (χ3v) is 8.11. The highest BCUT2D eigenvalue weighted by molar-refractivity contribution is 7.90. The number of aryl methyl sites for hydroxylation is 1. The quantitative estimate of drug-likeness (QED) is 0.589. The fourth-order valence-electron chi connectivity index (χ4n) is 4.52. The summed E-state index contributed by atoms with van der Waals surface area (Å²) in [6, 6.07) is 11.6. The molecule has 0 spiro atoms. The molecule has 8 nitrogen and oxygen atoms in total. The van der Waals surface area contributed by atoms with Crippen LogP contribution >= 0.6 is 0 Å². The largest absolute Gasteiger partial charge is 0.497 e. The molecule has 1 fully saturated rings. The van der Waals surface area contributed by atoms with Crippen LogP contribution in [0.5, 0.6) is 5.75 Å². The molecule has 0 aliphatic heterocycles. The highest BCUT2D eigenvalue weighted by Crippen LogP contribution is 2.34. The topological polar surface area (TPSA) is 105 Å². The maximum atomic E-state index is 13.5. The number of benzene rings is 2. The molecule has 0 heterocycles. The minimum atomic E-state index is -4.09. The van der Waals surface area contributed by atoms with E-state index < -0.39 is 22.1 Å². The first-order valence-corrected chi connectivity index (χ1v) is 12.9. The van der Waals surface area contributed by atoms with Crippen LogP contribution in [0.25, 0.3) is 0 Å². The number of hydrogen-bond acceptors (Lipinski definition) is 5. The standard InChI is InChI=1S/C25H33N3O5S/c1-17-9-5-8-12-22(17)34(31,32)27-25(30)26-23(18(2)19-10-6-7-11-19)24(29)28(3)20-13-15-21(33-4)16-14-20/h5,8-9,12-16,18-19,23H,6-7,10-11H2,1-4H3,(H2,26,27,30)/t18-,23-/m0/s1. The second kappa shape index (κ2) is 10.9. The average Bonchev–Trinajstić information content (AvgIpc) is 3.36. The fraction of sp³-hybridized carbons (Fsp3) is 0.440. The summed E-state index contributed by atoms with van der Waals surface area (Å²) < 4.78 is 32.8. The van der Waals surface area contributed by atoms with Gasteiger partial charge in [-0.15, -0.1) is 0 Å². The van der Waals surface area contributed by atoms with E-state index in [-0.39, 0.29) is 22.6 Å². The molecule has 1 aliphatic carbocycles. The first-order valence-electron chi connectivity index (χ1n) is 11.4. The Kier molecular flexibility index (Phi) is 8.19. The Labute approximate surface area is 201 Å². The number of amides is 3. The molecule has 0 saturated heterocycles. The molecule has 0 bridgehead atoms. The molecule has 2 aromatic carbocycles. The van der Waals surface area contributed by atoms with Gasteiger partial charge in [-0.3, -0.25) is 4.79 Å². The smallest absolute Gasteiger partial charge is 0.329 e. The van der Waals surface area contributed by atoms with E-state index in [1.54, 1.807) is 63.5 Å². The minimum Gasteiger partial charge on any atom is -0.497 e. The van der Waals surface area contributed by atoms with Crippen molar-refractivity contribution >= 4 is 27.6 Å². The summed E-state index contributed by atoms with van der Waals surface area (Å²) >= 11 is 0. The van der Waals surface area contributed by atoms with E-state index in [4.69, 9.17) is 4.74 Å². The van der Waals surface area contributed by atoms with Gasteiger partial charge in [-0.25, -0.2) is 17.9 Å². The number of carbonyl (C=O) groups is 2. The van der Waals surface area contributed by atoms with E-state index in [1.807, 2.05) is 6.92 Å². The van der Waals surface area contributed by atoms with Crippen LogP contribution in [0.4, 0.5) is 10.5 Å². The molecule has 0 unspecified atom stereocenters. The zero-order valence-electron chi connectivity index (χ0n) is 20.1. The SMILES string of the molecule is COc1ccc(N(C)C(=O)[C@@H](NC(=O)NS(=O)(=O)c2ccccc2C)[C@@H](C)C2CCCC2)cc1. The normalized spacial score (nSPS) is 15.9. The van der Waals surface area contributed by atoms with Gasteiger partial charge in [-0.2, -0.15) is 0 Å². The number of likely N-dealkylation sites (N-methyl/N-ethyl adjacent to an activating group) is 1. The Bertz CT molecular complexity index is 1110. The van der Waals surface area contributed by atoms with Crippen LogP contribution in [0.2, 0.25) is 0 Å². The number of urea groups is 1. The summed E-state index contributed by atoms with van der Waals surface area (Å²) in [5, 5.41) is 2.67. The Hall–Kier alpha value is -3.07. The molecule has 0 aromatic heterocycles. The highest BCUT2D eigenvalue weighted by atomic mass is 32.2. The number of sulfonamides is 1. The van der Waals surface area contributed by atoms with Crippen LogP contribution in [0.3, 0.4) is 0 Å². The zero-order chi connectivity index (χ0) is 24.9. The second-order valence-corrected chi connectivity index (χ2v) is 10.5. The number of hydrogen-bond donors (Lipinski definition) is 2. The third-order valence-electron chi connectivity index (χ3n) is 6.62. The summed E-state index contributed by atoms with van der Waals surface area (Å²) in [6.07, 6.45) is 4.11. The predicted octanol–water partition coefficient (Wildman–Crippen LogP) is 3.85. The van der Waals surface area contributed by atoms with Gasteiger partial charge in [0.05, 0.1) is 12.0 Å². The monoisotopic (exact) mass is 487 g/mol. The molecule has 3 rings (SSSR count). The van der Waals surface area contributed by atoms with Crippen LogP contribution < -0.4 is 19.7 Å². The van der Waals surface area contributed by atoms with Gasteiger partial charge in [0.15, 0.2) is 0 Å². The first kappa shape index (κ1) is 25.6. The van der Waals surface area contributed by atoms with Crippen LogP contribution in [0.1, 0.15) is 38.2 Å². The zero-order valence-corrected chi connectivity index (χ0v) is 20.9. The Morgan fingerprint density at radius 3 is 2.26 bits per heavy atom. The Balaban J connectivity index is 1.81. The first-order chi connectivity index (χ1) is 16.1. The lowest BCUT2D eigenvalue weighted by molar-refractivity contribution is -0.121. The van der Waals surface area contributed by atoms with Crippen molar-refractivity contribution in [3.63, 3.8) is 0 Å². The van der Waals surface area contributed by atoms with Crippen molar-refractivity contribution in [2.24, 2.45) is 11.8 Å². The predicted molar refractivity (Wildman–Crippen MR) is 131 cm³/mol. The Morgan fingerprint density at radius 1 is 1.06 bits per heavy atom. The molecule has 1 saturated carbocycles. The van der Waals surface area contributed by atoms with E-state index in [0.717, 1.165) is 25.7 Å². The molecular formula is C25H33N3O5S. The molecule has 3 amide bonds. The summed E-state index contributed by atoms with van der Waals surface area (Å²) in [5.41, 5.74) is 1.16. The van der Waals surface area contributed by atoms with Gasteiger partial charge >= 0.3 is 6.03 Å². The van der Waals surface area contributed by atoms with Gasteiger partial charge in [0.25, 0.3) is 10.0 Å². The molecule has 34 heavy (non-hydrogen) atoms. The lowest BCUT2D eigenvalue weighted by Gasteiger charge is -2.32. The lowest BCUT2D eigenvalue weighted by atomic mass is 9.85. The Morgan fingerprint density at radius 2 is 1.68 bits per heavy atom. The van der Waals surface area contributed by atoms with Crippen LogP contribution in [0.15, 0.2) is 53.4 Å². The van der Waals surface area contributed by atoms with Crippen molar-refractivity contribution in [3.05, 3.63) is 54.1 Å².